The zero-order valence-corrected chi connectivity index (χ0v) is 11.9. The van der Waals surface area contributed by atoms with Crippen LogP contribution in [-0.4, -0.2) is 17.8 Å². The van der Waals surface area contributed by atoms with E-state index in [0.717, 1.165) is 23.6 Å². The number of thiophene rings is 1. The number of halogens is 1. The average molecular weight is 274 g/mol. The normalized spacial score (nSPS) is 20.9. The molecule has 0 amide bonds. The largest absolute Gasteiger partial charge is 0.392 e. The summed E-state index contributed by atoms with van der Waals surface area (Å²) < 4.78 is 0.879. The molecular weight excluding hydrogens is 254 g/mol. The van der Waals surface area contributed by atoms with Gasteiger partial charge in [0.25, 0.3) is 0 Å². The average Bonchev–Trinajstić information content (AvgIpc) is 2.73. The molecule has 0 bridgehead atoms. The molecule has 96 valence electrons. The van der Waals surface area contributed by atoms with E-state index in [4.69, 9.17) is 11.6 Å². The molecule has 0 saturated heterocycles. The zero-order valence-electron chi connectivity index (χ0n) is 10.4. The Morgan fingerprint density at radius 3 is 3.06 bits per heavy atom. The third-order valence-corrected chi connectivity index (χ3v) is 4.53. The second kappa shape index (κ2) is 5.70. The van der Waals surface area contributed by atoms with Crippen molar-refractivity contribution in [2.45, 2.75) is 45.3 Å². The predicted octanol–water partition coefficient (Wildman–Crippen LogP) is 3.39. The van der Waals surface area contributed by atoms with Crippen LogP contribution >= 0.6 is 22.9 Å². The predicted molar refractivity (Wildman–Crippen MR) is 73.9 cm³/mol. The van der Waals surface area contributed by atoms with Gasteiger partial charge in [-0.3, -0.25) is 0 Å². The number of aryl methyl sites for hydroxylation is 1. The van der Waals surface area contributed by atoms with Gasteiger partial charge in [-0.1, -0.05) is 25.4 Å². The molecule has 1 aromatic heterocycles. The Morgan fingerprint density at radius 1 is 1.59 bits per heavy atom. The van der Waals surface area contributed by atoms with Crippen molar-refractivity contribution in [2.75, 3.05) is 6.54 Å². The quantitative estimate of drug-likeness (QED) is 0.862. The highest BCUT2D eigenvalue weighted by Crippen LogP contribution is 2.39. The summed E-state index contributed by atoms with van der Waals surface area (Å²) in [5.74, 6) is 0.543. The van der Waals surface area contributed by atoms with E-state index < -0.39 is 0 Å². The van der Waals surface area contributed by atoms with Gasteiger partial charge in [0.05, 0.1) is 10.4 Å². The summed E-state index contributed by atoms with van der Waals surface area (Å²) in [5, 5.41) is 13.3. The van der Waals surface area contributed by atoms with Crippen molar-refractivity contribution in [3.05, 3.63) is 20.8 Å². The van der Waals surface area contributed by atoms with Crippen molar-refractivity contribution in [2.24, 2.45) is 5.92 Å². The number of hydrogen-bond acceptors (Lipinski definition) is 3. The monoisotopic (exact) mass is 273 g/mol. The van der Waals surface area contributed by atoms with Crippen molar-refractivity contribution in [1.82, 2.24) is 5.32 Å². The van der Waals surface area contributed by atoms with Crippen LogP contribution in [0.25, 0.3) is 0 Å². The fraction of sp³-hybridized carbons (Fsp3) is 0.692. The first-order chi connectivity index (χ1) is 8.06. The van der Waals surface area contributed by atoms with E-state index in [0.29, 0.717) is 18.5 Å². The summed E-state index contributed by atoms with van der Waals surface area (Å²) in [5.41, 5.74) is 1.34. The van der Waals surface area contributed by atoms with E-state index in [1.54, 1.807) is 11.3 Å². The van der Waals surface area contributed by atoms with Crippen LogP contribution in [0, 0.1) is 5.92 Å². The van der Waals surface area contributed by atoms with Gasteiger partial charge in [-0.25, -0.2) is 0 Å². The minimum atomic E-state index is -0.242. The first-order valence-electron chi connectivity index (χ1n) is 6.25. The van der Waals surface area contributed by atoms with Crippen LogP contribution in [0.3, 0.4) is 0 Å². The summed E-state index contributed by atoms with van der Waals surface area (Å²) >= 11 is 7.70. The Kier molecular flexibility index (Phi) is 4.47. The first kappa shape index (κ1) is 13.3. The molecule has 2 rings (SSSR count). The topological polar surface area (TPSA) is 32.3 Å². The fourth-order valence-corrected chi connectivity index (χ4v) is 3.81. The number of rotatable bonds is 5. The summed E-state index contributed by atoms with van der Waals surface area (Å²) in [4.78, 5) is 1.41. The first-order valence-corrected chi connectivity index (χ1v) is 7.45. The molecule has 0 fully saturated rings. The molecule has 4 heteroatoms. The van der Waals surface area contributed by atoms with Crippen LogP contribution in [0.15, 0.2) is 6.07 Å². The van der Waals surface area contributed by atoms with Crippen LogP contribution in [0.4, 0.5) is 0 Å². The Hall–Kier alpha value is -0.0900. The number of aliphatic hydroxyl groups excluding tert-OH is 1. The lowest BCUT2D eigenvalue weighted by molar-refractivity contribution is 0.142. The van der Waals surface area contributed by atoms with E-state index in [9.17, 15) is 5.11 Å². The molecule has 2 atom stereocenters. The molecule has 0 saturated carbocycles. The molecule has 0 spiro atoms. The summed E-state index contributed by atoms with van der Waals surface area (Å²) in [6, 6.07) is 2.46. The highest BCUT2D eigenvalue weighted by atomic mass is 35.5. The summed E-state index contributed by atoms with van der Waals surface area (Å²) in [6.07, 6.45) is 2.86. The van der Waals surface area contributed by atoms with Crippen molar-refractivity contribution in [1.29, 1.82) is 0 Å². The Bertz CT molecular complexity index is 377. The second-order valence-electron chi connectivity index (χ2n) is 5.21. The molecule has 1 aliphatic carbocycles. The number of hydrogen-bond donors (Lipinski definition) is 2. The molecule has 0 aliphatic heterocycles. The van der Waals surface area contributed by atoms with E-state index in [1.165, 1.54) is 10.4 Å². The highest BCUT2D eigenvalue weighted by Gasteiger charge is 2.25. The Labute approximate surface area is 112 Å². The molecule has 0 aromatic carbocycles. The maximum atomic E-state index is 9.85. The van der Waals surface area contributed by atoms with Crippen molar-refractivity contribution in [3.63, 3.8) is 0 Å². The molecule has 2 N–H and O–H groups in total. The van der Waals surface area contributed by atoms with Gasteiger partial charge in [-0.2, -0.15) is 0 Å². The van der Waals surface area contributed by atoms with Gasteiger partial charge in [-0.05, 0) is 36.8 Å². The van der Waals surface area contributed by atoms with Gasteiger partial charge in [-0.15, -0.1) is 11.3 Å². The fourth-order valence-electron chi connectivity index (χ4n) is 2.45. The highest BCUT2D eigenvalue weighted by molar-refractivity contribution is 7.16. The van der Waals surface area contributed by atoms with Crippen LogP contribution in [0.2, 0.25) is 4.34 Å². The lowest BCUT2D eigenvalue weighted by atomic mass is 10.1. The van der Waals surface area contributed by atoms with Gasteiger partial charge in [0.1, 0.15) is 0 Å². The number of nitrogens with one attached hydrogen (secondary N) is 1. The van der Waals surface area contributed by atoms with Crippen LogP contribution < -0.4 is 5.32 Å². The molecular formula is C13H20ClNOS. The van der Waals surface area contributed by atoms with Crippen molar-refractivity contribution in [3.8, 4) is 0 Å². The smallest absolute Gasteiger partial charge is 0.0934 e. The van der Waals surface area contributed by atoms with E-state index >= 15 is 0 Å². The van der Waals surface area contributed by atoms with Gasteiger partial charge in [0, 0.05) is 17.5 Å². The standard InChI is InChI=1S/C13H20ClNOS/c1-8(2)5-9(16)7-15-11-3-4-12-10(11)6-13(14)17-12/h6,8-9,11,15-16H,3-5,7H2,1-2H3. The zero-order chi connectivity index (χ0) is 12.4. The van der Waals surface area contributed by atoms with E-state index in [2.05, 4.69) is 25.2 Å². The van der Waals surface area contributed by atoms with Gasteiger partial charge in [0.2, 0.25) is 0 Å². The number of fused-ring (bicyclic) bond motifs is 1. The van der Waals surface area contributed by atoms with Gasteiger partial charge >= 0.3 is 0 Å². The van der Waals surface area contributed by atoms with Crippen LogP contribution in [0.5, 0.6) is 0 Å². The third kappa shape index (κ3) is 3.44. The minimum Gasteiger partial charge on any atom is -0.392 e. The molecule has 1 aliphatic rings. The maximum Gasteiger partial charge on any atom is 0.0934 e. The van der Waals surface area contributed by atoms with Crippen LogP contribution in [0.1, 0.15) is 43.2 Å². The van der Waals surface area contributed by atoms with Crippen molar-refractivity contribution >= 4 is 22.9 Å². The molecule has 1 heterocycles. The molecule has 2 nitrogen and oxygen atoms in total. The van der Waals surface area contributed by atoms with Crippen molar-refractivity contribution < 1.29 is 5.11 Å². The summed E-state index contributed by atoms with van der Waals surface area (Å²) in [7, 11) is 0. The van der Waals surface area contributed by atoms with E-state index in [-0.39, 0.29) is 6.10 Å². The molecule has 2 unspecified atom stereocenters. The Balaban J connectivity index is 1.85. The molecule has 0 radical (unpaired) electrons. The molecule has 17 heavy (non-hydrogen) atoms. The van der Waals surface area contributed by atoms with Gasteiger partial charge < -0.3 is 10.4 Å². The third-order valence-electron chi connectivity index (χ3n) is 3.19. The van der Waals surface area contributed by atoms with Gasteiger partial charge in [0.15, 0.2) is 0 Å². The maximum absolute atomic E-state index is 9.85. The van der Waals surface area contributed by atoms with E-state index in [1.807, 2.05) is 0 Å². The SMILES string of the molecule is CC(C)CC(O)CNC1CCc2sc(Cl)cc21. The lowest BCUT2D eigenvalue weighted by Gasteiger charge is -2.18. The second-order valence-corrected chi connectivity index (χ2v) is 6.98. The Morgan fingerprint density at radius 2 is 2.35 bits per heavy atom. The minimum absolute atomic E-state index is 0.242. The number of aliphatic hydroxyl groups is 1. The summed E-state index contributed by atoms with van der Waals surface area (Å²) in [6.45, 7) is 4.95. The molecule has 1 aromatic rings. The lowest BCUT2D eigenvalue weighted by Crippen LogP contribution is -2.30. The van der Waals surface area contributed by atoms with Crippen LogP contribution in [-0.2, 0) is 6.42 Å².